The largest absolute Gasteiger partial charge is 0.391 e. The van der Waals surface area contributed by atoms with Crippen molar-refractivity contribution in [1.29, 1.82) is 0 Å². The first-order valence-corrected chi connectivity index (χ1v) is 5.84. The van der Waals surface area contributed by atoms with E-state index in [0.717, 1.165) is 4.90 Å². The number of nitrogens with zero attached hydrogens (tertiary/aromatic N) is 5. The van der Waals surface area contributed by atoms with Crippen LogP contribution in [-0.2, 0) is 4.79 Å². The van der Waals surface area contributed by atoms with Crippen molar-refractivity contribution in [2.45, 2.75) is 13.0 Å². The van der Waals surface area contributed by atoms with Gasteiger partial charge in [-0.25, -0.2) is 9.69 Å². The third-order valence-corrected chi connectivity index (χ3v) is 3.25. The van der Waals surface area contributed by atoms with E-state index in [2.05, 4.69) is 4.99 Å². The van der Waals surface area contributed by atoms with Crippen LogP contribution in [0.25, 0.3) is 0 Å². The van der Waals surface area contributed by atoms with Gasteiger partial charge in [-0.05, 0) is 6.92 Å². The predicted molar refractivity (Wildman–Crippen MR) is 66.6 cm³/mol. The quantitative estimate of drug-likeness (QED) is 0.576. The number of rotatable bonds is 1. The van der Waals surface area contributed by atoms with Crippen LogP contribution in [0, 0.1) is 0 Å². The zero-order valence-corrected chi connectivity index (χ0v) is 11.3. The number of likely N-dealkylation sites (N-methyl/N-ethyl adjacent to an activating group) is 3. The van der Waals surface area contributed by atoms with Crippen LogP contribution in [-0.4, -0.2) is 83.8 Å². The molecule has 98 valence electrons. The number of imide groups is 1. The molecule has 0 aromatic carbocycles. The fraction of sp³-hybridized carbons (Fsp3) is 0.636. The minimum atomic E-state index is -0.486. The van der Waals surface area contributed by atoms with E-state index >= 15 is 0 Å². The molecule has 7 heteroatoms. The summed E-state index contributed by atoms with van der Waals surface area (Å²) in [6.45, 7) is 2.62. The van der Waals surface area contributed by atoms with E-state index in [1.54, 1.807) is 7.05 Å². The number of amidine groups is 1. The van der Waals surface area contributed by atoms with Crippen molar-refractivity contribution in [2.75, 3.05) is 34.7 Å². The summed E-state index contributed by atoms with van der Waals surface area (Å²) in [6.07, 6.45) is 0. The fourth-order valence-corrected chi connectivity index (χ4v) is 2.27. The maximum absolute atomic E-state index is 12.2. The van der Waals surface area contributed by atoms with Gasteiger partial charge < -0.3 is 0 Å². The summed E-state index contributed by atoms with van der Waals surface area (Å²) in [5, 5.41) is 0. The number of guanidine groups is 1. The highest BCUT2D eigenvalue weighted by atomic mass is 16.2. The lowest BCUT2D eigenvalue weighted by atomic mass is 10.1. The normalized spacial score (nSPS) is 23.6. The highest BCUT2D eigenvalue weighted by molar-refractivity contribution is 6.25. The number of hydrogen-bond donors (Lipinski definition) is 0. The van der Waals surface area contributed by atoms with E-state index in [-0.39, 0.29) is 11.9 Å². The lowest BCUT2D eigenvalue weighted by molar-refractivity contribution is -0.470. The average molecular weight is 252 g/mol. The Kier molecular flexibility index (Phi) is 2.84. The lowest BCUT2D eigenvalue weighted by Crippen LogP contribution is -2.62. The first-order chi connectivity index (χ1) is 8.40. The van der Waals surface area contributed by atoms with E-state index in [1.165, 1.54) is 11.9 Å². The van der Waals surface area contributed by atoms with Crippen LogP contribution in [0.15, 0.2) is 4.99 Å². The summed E-state index contributed by atoms with van der Waals surface area (Å²) >= 11 is 0. The Morgan fingerprint density at radius 2 is 1.83 bits per heavy atom. The van der Waals surface area contributed by atoms with Crippen LogP contribution in [0.2, 0.25) is 0 Å². The Morgan fingerprint density at radius 3 is 2.33 bits per heavy atom. The summed E-state index contributed by atoms with van der Waals surface area (Å²) in [5.74, 6) is 0.991. The van der Waals surface area contributed by atoms with E-state index in [1.807, 2.05) is 30.5 Å². The smallest absolute Gasteiger partial charge is 0.270 e. The van der Waals surface area contributed by atoms with Crippen LogP contribution in [0.1, 0.15) is 6.92 Å². The van der Waals surface area contributed by atoms with Crippen LogP contribution in [0.4, 0.5) is 4.79 Å². The third-order valence-electron chi connectivity index (χ3n) is 3.25. The topological polar surface area (TPSA) is 59.2 Å². The zero-order valence-electron chi connectivity index (χ0n) is 11.3. The van der Waals surface area contributed by atoms with Crippen molar-refractivity contribution < 1.29 is 14.2 Å². The maximum Gasteiger partial charge on any atom is 0.391 e. The number of aliphatic imine (C=N–C) groups is 1. The van der Waals surface area contributed by atoms with Gasteiger partial charge in [0.25, 0.3) is 5.91 Å². The SMILES string of the molecule is CCN1C(=[N+](C)C)N=C2C1C(=O)N(C)C(=O)N2C. The maximum atomic E-state index is 12.2. The molecule has 0 radical (unpaired) electrons. The van der Waals surface area contributed by atoms with Gasteiger partial charge in [0, 0.05) is 14.1 Å². The average Bonchev–Trinajstić information content (AvgIpc) is 2.73. The molecule has 2 aliphatic rings. The molecular weight excluding hydrogens is 234 g/mol. The summed E-state index contributed by atoms with van der Waals surface area (Å²) < 4.78 is 1.85. The molecule has 1 saturated heterocycles. The Morgan fingerprint density at radius 1 is 1.22 bits per heavy atom. The third kappa shape index (κ3) is 1.50. The van der Waals surface area contributed by atoms with Gasteiger partial charge in [0.15, 0.2) is 0 Å². The monoisotopic (exact) mass is 252 g/mol. The molecule has 3 amide bonds. The summed E-state index contributed by atoms with van der Waals surface area (Å²) in [5.41, 5.74) is 0. The standard InChI is InChI=1S/C11H18N5O2/c1-6-16-7-8(12-10(16)13(2)3)14(4)11(18)15(5)9(7)17/h7H,6H2,1-5H3/q+1. The van der Waals surface area contributed by atoms with Gasteiger partial charge >= 0.3 is 12.0 Å². The minimum Gasteiger partial charge on any atom is -0.270 e. The molecular formula is C11H18N5O2+. The Labute approximate surface area is 106 Å². The Balaban J connectivity index is 2.53. The van der Waals surface area contributed by atoms with Gasteiger partial charge in [0.2, 0.25) is 11.9 Å². The number of fused-ring (bicyclic) bond motifs is 1. The van der Waals surface area contributed by atoms with Gasteiger partial charge in [-0.15, -0.1) is 0 Å². The molecule has 1 atom stereocenters. The van der Waals surface area contributed by atoms with E-state index in [4.69, 9.17) is 0 Å². The van der Waals surface area contributed by atoms with Crippen molar-refractivity contribution in [3.8, 4) is 0 Å². The van der Waals surface area contributed by atoms with Gasteiger partial charge in [0.1, 0.15) is 0 Å². The molecule has 18 heavy (non-hydrogen) atoms. The second kappa shape index (κ2) is 4.08. The summed E-state index contributed by atoms with van der Waals surface area (Å²) in [6, 6.07) is -0.828. The number of urea groups is 1. The zero-order chi connectivity index (χ0) is 13.6. The molecule has 2 heterocycles. The van der Waals surface area contributed by atoms with E-state index in [9.17, 15) is 9.59 Å². The van der Waals surface area contributed by atoms with Crippen molar-refractivity contribution in [3.63, 3.8) is 0 Å². The van der Waals surface area contributed by atoms with Crippen molar-refractivity contribution in [3.05, 3.63) is 0 Å². The second-order valence-electron chi connectivity index (χ2n) is 4.59. The molecule has 0 N–H and O–H groups in total. The fourth-order valence-electron chi connectivity index (χ4n) is 2.27. The van der Waals surface area contributed by atoms with Crippen molar-refractivity contribution in [2.24, 2.45) is 4.99 Å². The lowest BCUT2D eigenvalue weighted by Gasteiger charge is -2.32. The number of carbonyl (C=O) groups is 2. The van der Waals surface area contributed by atoms with E-state index < -0.39 is 6.04 Å². The molecule has 0 aliphatic carbocycles. The first kappa shape index (κ1) is 12.5. The Hall–Kier alpha value is -1.92. The predicted octanol–water partition coefficient (Wildman–Crippen LogP) is -0.759. The molecule has 0 bridgehead atoms. The molecule has 0 saturated carbocycles. The molecule has 2 rings (SSSR count). The first-order valence-electron chi connectivity index (χ1n) is 5.84. The number of amides is 3. The molecule has 1 unspecified atom stereocenters. The Bertz CT molecular complexity index is 478. The molecule has 1 fully saturated rings. The summed E-state index contributed by atoms with van der Waals surface area (Å²) in [4.78, 5) is 33.0. The van der Waals surface area contributed by atoms with Crippen LogP contribution >= 0.6 is 0 Å². The number of carbonyl (C=O) groups excluding carboxylic acids is 2. The van der Waals surface area contributed by atoms with Crippen LogP contribution < -0.4 is 0 Å². The second-order valence-corrected chi connectivity index (χ2v) is 4.59. The molecule has 0 aromatic heterocycles. The highest BCUT2D eigenvalue weighted by Gasteiger charge is 2.54. The van der Waals surface area contributed by atoms with E-state index in [0.29, 0.717) is 18.3 Å². The van der Waals surface area contributed by atoms with Crippen LogP contribution in [0.5, 0.6) is 0 Å². The molecule has 0 aromatic rings. The molecule has 2 aliphatic heterocycles. The van der Waals surface area contributed by atoms with Gasteiger partial charge in [-0.2, -0.15) is 0 Å². The van der Waals surface area contributed by atoms with Gasteiger partial charge in [0.05, 0.1) is 20.6 Å². The van der Waals surface area contributed by atoms with Gasteiger partial charge in [-0.1, -0.05) is 4.99 Å². The summed E-state index contributed by atoms with van der Waals surface area (Å²) in [7, 11) is 6.88. The van der Waals surface area contributed by atoms with Crippen molar-refractivity contribution >= 4 is 23.7 Å². The molecule has 0 spiro atoms. The highest BCUT2D eigenvalue weighted by Crippen LogP contribution is 2.22. The van der Waals surface area contributed by atoms with Gasteiger partial charge in [-0.3, -0.25) is 19.2 Å². The number of hydrogen-bond acceptors (Lipinski definition) is 2. The van der Waals surface area contributed by atoms with Crippen LogP contribution in [0.3, 0.4) is 0 Å². The minimum absolute atomic E-state index is 0.226. The van der Waals surface area contributed by atoms with Crippen molar-refractivity contribution in [1.82, 2.24) is 14.7 Å². The molecule has 7 nitrogen and oxygen atoms in total.